The Morgan fingerprint density at radius 3 is 2.56 bits per heavy atom. The number of halogens is 1. The summed E-state index contributed by atoms with van der Waals surface area (Å²) < 4.78 is 6.01. The highest BCUT2D eigenvalue weighted by molar-refractivity contribution is 6.30. The lowest BCUT2D eigenvalue weighted by Gasteiger charge is -2.31. The predicted octanol–water partition coefficient (Wildman–Crippen LogP) is 4.61. The minimum atomic E-state index is -0.968. The summed E-state index contributed by atoms with van der Waals surface area (Å²) in [7, 11) is 0. The Labute approximate surface area is 248 Å². The molecule has 0 radical (unpaired) electrons. The molecule has 8 nitrogen and oxygen atoms in total. The van der Waals surface area contributed by atoms with E-state index in [4.69, 9.17) is 16.3 Å². The number of hydrogen-bond acceptors (Lipinski definition) is 5. The van der Waals surface area contributed by atoms with Gasteiger partial charge in [-0.3, -0.25) is 14.4 Å². The topological polar surface area (TPSA) is 109 Å². The van der Waals surface area contributed by atoms with E-state index in [9.17, 15) is 14.4 Å². The molecule has 0 bridgehead atoms. The van der Waals surface area contributed by atoms with E-state index in [1.54, 1.807) is 6.20 Å². The number of rotatable bonds is 2. The Hall–Kier alpha value is -3.36. The standard InChI is InChI=1S/C25H36N4O4.C7H7Cl/c1-18(2)16-20-23(31)29-25(11-6-7-12-25)24(32)28-17-22(30)27-13-10-19-8-4-3-5-9-21(19)33-15-14-26-20;1-6-3-2-4-7(8)5-6/h3-5,9-10,13,18,20,26H,6-8,11-12,14-17H2,1-2H3,(H,27,30)(H,28,32)(H,29,31);2-5H,1H3/b13-10+;. The second-order valence-corrected chi connectivity index (χ2v) is 11.5. The second kappa shape index (κ2) is 16.2. The number of carbonyl (C=O) groups excluding carboxylic acids is 3. The van der Waals surface area contributed by atoms with Crippen molar-refractivity contribution in [3.05, 3.63) is 82.8 Å². The summed E-state index contributed by atoms with van der Waals surface area (Å²) in [4.78, 5) is 38.6. The molecule has 4 rings (SSSR count). The van der Waals surface area contributed by atoms with Crippen molar-refractivity contribution in [1.29, 1.82) is 0 Å². The second-order valence-electron chi connectivity index (χ2n) is 11.0. The SMILES string of the molecule is CC(C)CC1NCCOC2=C(/C=C/NC(=O)CNC(=O)C3(CCCC3)NC1=O)CC=CC=C2.Cc1cccc(Cl)c1. The first-order chi connectivity index (χ1) is 19.7. The zero-order valence-corrected chi connectivity index (χ0v) is 25.1. The summed E-state index contributed by atoms with van der Waals surface area (Å²) in [5, 5.41) is 12.6. The van der Waals surface area contributed by atoms with Gasteiger partial charge in [-0.1, -0.05) is 68.7 Å². The summed E-state index contributed by atoms with van der Waals surface area (Å²) in [5.41, 5.74) is 1.16. The van der Waals surface area contributed by atoms with Crippen LogP contribution in [-0.2, 0) is 19.1 Å². The summed E-state index contributed by atoms with van der Waals surface area (Å²) >= 11 is 5.64. The Kier molecular flexibility index (Phi) is 12.7. The minimum Gasteiger partial charge on any atom is -0.492 e. The van der Waals surface area contributed by atoms with Crippen LogP contribution < -0.4 is 21.3 Å². The lowest BCUT2D eigenvalue weighted by molar-refractivity contribution is -0.135. The molecule has 4 N–H and O–H groups in total. The molecule has 1 unspecified atom stereocenters. The number of benzene rings is 1. The van der Waals surface area contributed by atoms with Crippen LogP contribution in [0.1, 0.15) is 57.9 Å². The Morgan fingerprint density at radius 1 is 1.10 bits per heavy atom. The molecule has 222 valence electrons. The van der Waals surface area contributed by atoms with Crippen molar-refractivity contribution in [2.75, 3.05) is 19.7 Å². The summed E-state index contributed by atoms with van der Waals surface area (Å²) in [5.74, 6) is 0.211. The zero-order chi connectivity index (χ0) is 29.7. The molecule has 1 saturated carbocycles. The third kappa shape index (κ3) is 10.5. The third-order valence-electron chi connectivity index (χ3n) is 7.10. The molecule has 3 amide bonds. The van der Waals surface area contributed by atoms with E-state index in [0.29, 0.717) is 44.8 Å². The van der Waals surface area contributed by atoms with Gasteiger partial charge in [0, 0.05) is 17.8 Å². The van der Waals surface area contributed by atoms with Crippen molar-refractivity contribution in [2.24, 2.45) is 5.92 Å². The highest BCUT2D eigenvalue weighted by Crippen LogP contribution is 2.30. The Morgan fingerprint density at radius 2 is 1.88 bits per heavy atom. The molecule has 9 heteroatoms. The molecular weight excluding hydrogens is 540 g/mol. The van der Waals surface area contributed by atoms with Crippen LogP contribution in [0.5, 0.6) is 0 Å². The van der Waals surface area contributed by atoms with E-state index in [1.165, 1.54) is 5.56 Å². The Balaban J connectivity index is 0.000000496. The molecule has 1 aromatic carbocycles. The van der Waals surface area contributed by atoms with E-state index in [1.807, 2.05) is 61.6 Å². The van der Waals surface area contributed by atoms with Gasteiger partial charge >= 0.3 is 0 Å². The van der Waals surface area contributed by atoms with Crippen LogP contribution in [0.4, 0.5) is 0 Å². The van der Waals surface area contributed by atoms with E-state index in [0.717, 1.165) is 29.2 Å². The number of hydrogen-bond donors (Lipinski definition) is 4. The van der Waals surface area contributed by atoms with E-state index < -0.39 is 11.6 Å². The lowest BCUT2D eigenvalue weighted by Crippen LogP contribution is -2.61. The maximum atomic E-state index is 13.2. The van der Waals surface area contributed by atoms with Crippen LogP contribution in [0.15, 0.2) is 72.2 Å². The van der Waals surface area contributed by atoms with Crippen LogP contribution in [-0.4, -0.2) is 49.0 Å². The van der Waals surface area contributed by atoms with Crippen LogP contribution >= 0.6 is 11.6 Å². The number of aryl methyl sites for hydroxylation is 1. The van der Waals surface area contributed by atoms with Gasteiger partial charge in [0.2, 0.25) is 17.7 Å². The number of allylic oxidation sites excluding steroid dienone is 6. The van der Waals surface area contributed by atoms with E-state index in [-0.39, 0.29) is 24.3 Å². The van der Waals surface area contributed by atoms with Crippen LogP contribution in [0, 0.1) is 12.8 Å². The maximum absolute atomic E-state index is 13.2. The normalized spacial score (nSPS) is 22.4. The quantitative estimate of drug-likeness (QED) is 0.407. The molecule has 1 fully saturated rings. The van der Waals surface area contributed by atoms with E-state index in [2.05, 4.69) is 35.1 Å². The fourth-order valence-electron chi connectivity index (χ4n) is 5.00. The van der Waals surface area contributed by atoms with Crippen molar-refractivity contribution in [2.45, 2.75) is 70.9 Å². The van der Waals surface area contributed by atoms with Gasteiger partial charge in [0.25, 0.3) is 0 Å². The van der Waals surface area contributed by atoms with Crippen LogP contribution in [0.25, 0.3) is 0 Å². The number of carbonyl (C=O) groups is 3. The molecule has 3 aliphatic rings. The van der Waals surface area contributed by atoms with Crippen molar-refractivity contribution in [1.82, 2.24) is 21.3 Å². The highest BCUT2D eigenvalue weighted by Gasteiger charge is 2.43. The third-order valence-corrected chi connectivity index (χ3v) is 7.33. The van der Waals surface area contributed by atoms with Gasteiger partial charge in [0.1, 0.15) is 17.9 Å². The van der Waals surface area contributed by atoms with Crippen LogP contribution in [0.2, 0.25) is 5.02 Å². The van der Waals surface area contributed by atoms with Crippen LogP contribution in [0.3, 0.4) is 0 Å². The number of nitrogens with one attached hydrogen (secondary N) is 4. The largest absolute Gasteiger partial charge is 0.492 e. The molecule has 0 saturated heterocycles. The predicted molar refractivity (Wildman–Crippen MR) is 163 cm³/mol. The molecule has 2 aliphatic carbocycles. The Bertz CT molecular complexity index is 1160. The molecule has 0 aromatic heterocycles. The van der Waals surface area contributed by atoms with Gasteiger partial charge in [-0.15, -0.1) is 0 Å². The average Bonchev–Trinajstić information content (AvgIpc) is 3.29. The molecule has 1 aliphatic heterocycles. The smallest absolute Gasteiger partial charge is 0.246 e. The fourth-order valence-corrected chi connectivity index (χ4v) is 5.24. The molecule has 1 aromatic rings. The molecule has 1 spiro atoms. The van der Waals surface area contributed by atoms with Crippen molar-refractivity contribution < 1.29 is 19.1 Å². The first kappa shape index (κ1) is 32.2. The lowest BCUT2D eigenvalue weighted by atomic mass is 9.94. The summed E-state index contributed by atoms with van der Waals surface area (Å²) in [6, 6.07) is 7.33. The van der Waals surface area contributed by atoms with E-state index >= 15 is 0 Å². The fraction of sp³-hybridized carbons (Fsp3) is 0.469. The maximum Gasteiger partial charge on any atom is 0.246 e. The molecule has 1 atom stereocenters. The zero-order valence-electron chi connectivity index (χ0n) is 24.3. The van der Waals surface area contributed by atoms with Crippen molar-refractivity contribution >= 4 is 29.3 Å². The molecule has 1 heterocycles. The van der Waals surface area contributed by atoms with Gasteiger partial charge in [-0.2, -0.15) is 0 Å². The van der Waals surface area contributed by atoms with Gasteiger partial charge in [0.15, 0.2) is 0 Å². The highest BCUT2D eigenvalue weighted by atomic mass is 35.5. The molecular formula is C32H43ClN4O4. The van der Waals surface area contributed by atoms with Crippen molar-refractivity contribution in [3.8, 4) is 0 Å². The van der Waals surface area contributed by atoms with Gasteiger partial charge < -0.3 is 26.0 Å². The number of ether oxygens (including phenoxy) is 1. The summed E-state index contributed by atoms with van der Waals surface area (Å²) in [6.07, 6.45) is 15.3. The first-order valence-corrected chi connectivity index (χ1v) is 14.8. The van der Waals surface area contributed by atoms with Gasteiger partial charge in [-0.25, -0.2) is 0 Å². The average molecular weight is 583 g/mol. The minimum absolute atomic E-state index is 0.156. The van der Waals surface area contributed by atoms with Gasteiger partial charge in [-0.05, 0) is 73.9 Å². The number of amides is 3. The first-order valence-electron chi connectivity index (χ1n) is 14.4. The summed E-state index contributed by atoms with van der Waals surface area (Å²) in [6.45, 7) is 6.87. The van der Waals surface area contributed by atoms with Crippen molar-refractivity contribution in [3.63, 3.8) is 0 Å². The van der Waals surface area contributed by atoms with Gasteiger partial charge in [0.05, 0.1) is 12.6 Å². The molecule has 41 heavy (non-hydrogen) atoms. The monoisotopic (exact) mass is 582 g/mol.